The van der Waals surface area contributed by atoms with Crippen LogP contribution in [0.2, 0.25) is 0 Å². The van der Waals surface area contributed by atoms with Crippen LogP contribution in [0.15, 0.2) is 12.3 Å². The van der Waals surface area contributed by atoms with E-state index >= 15 is 0 Å². The van der Waals surface area contributed by atoms with E-state index < -0.39 is 0 Å². The minimum absolute atomic E-state index is 1.17. The Labute approximate surface area is 243 Å². The molecule has 0 heterocycles. The standard InChI is InChI=1S/C37H76N/c1-5-8-11-13-15-17-19-21-23-25-27-29-31-33-36-38(4,35-10-7-3)37-34-32-30-28-26-24-22-20-18-16-14-12-9-6-2/h10,35H,5-9,11-34,36-37H2,1-4H3/q+1. The summed E-state index contributed by atoms with van der Waals surface area (Å²) >= 11 is 0. The van der Waals surface area contributed by atoms with Gasteiger partial charge < -0.3 is 0 Å². The third kappa shape index (κ3) is 28.7. The van der Waals surface area contributed by atoms with Crippen molar-refractivity contribution in [1.82, 2.24) is 0 Å². The Bertz CT molecular complexity index is 422. The molecule has 0 rings (SSSR count). The van der Waals surface area contributed by atoms with Gasteiger partial charge in [0.25, 0.3) is 0 Å². The quantitative estimate of drug-likeness (QED) is 0.0594. The molecule has 0 aromatic carbocycles. The average molecular weight is 535 g/mol. The minimum Gasteiger partial charge on any atom is -0.300 e. The zero-order valence-corrected chi connectivity index (χ0v) is 27.5. The molecule has 0 atom stereocenters. The first kappa shape index (κ1) is 37.7. The summed E-state index contributed by atoms with van der Waals surface area (Å²) in [5, 5.41) is 0. The highest BCUT2D eigenvalue weighted by Crippen LogP contribution is 2.17. The second-order valence-corrected chi connectivity index (χ2v) is 12.9. The maximum Gasteiger partial charge on any atom is 0.0915 e. The molecule has 0 aliphatic carbocycles. The van der Waals surface area contributed by atoms with Crippen LogP contribution in [-0.2, 0) is 0 Å². The van der Waals surface area contributed by atoms with Crippen LogP contribution >= 0.6 is 0 Å². The van der Waals surface area contributed by atoms with E-state index in [-0.39, 0.29) is 0 Å². The average Bonchev–Trinajstić information content (AvgIpc) is 2.92. The van der Waals surface area contributed by atoms with Crippen molar-refractivity contribution in [2.24, 2.45) is 0 Å². The number of hydrogen-bond acceptors (Lipinski definition) is 0. The second kappa shape index (κ2) is 31.2. The van der Waals surface area contributed by atoms with E-state index in [1.807, 2.05) is 0 Å². The smallest absolute Gasteiger partial charge is 0.0915 e. The Morgan fingerprint density at radius 2 is 0.579 bits per heavy atom. The molecule has 228 valence electrons. The Morgan fingerprint density at radius 3 is 0.816 bits per heavy atom. The summed E-state index contributed by atoms with van der Waals surface area (Å²) in [7, 11) is 2.48. The summed E-state index contributed by atoms with van der Waals surface area (Å²) < 4.78 is 1.17. The lowest BCUT2D eigenvalue weighted by molar-refractivity contribution is -0.860. The maximum atomic E-state index is 2.52. The van der Waals surface area contributed by atoms with Crippen LogP contribution in [0.4, 0.5) is 0 Å². The topological polar surface area (TPSA) is 0 Å². The summed E-state index contributed by atoms with van der Waals surface area (Å²) in [6.45, 7) is 9.57. The van der Waals surface area contributed by atoms with Crippen LogP contribution in [0.3, 0.4) is 0 Å². The lowest BCUT2D eigenvalue weighted by Crippen LogP contribution is -2.40. The van der Waals surface area contributed by atoms with Crippen molar-refractivity contribution >= 4 is 0 Å². The van der Waals surface area contributed by atoms with Gasteiger partial charge in [0.05, 0.1) is 26.3 Å². The summed E-state index contributed by atoms with van der Waals surface area (Å²) in [4.78, 5) is 0. The van der Waals surface area contributed by atoms with Crippen LogP contribution in [0.5, 0.6) is 0 Å². The number of hydrogen-bond donors (Lipinski definition) is 0. The van der Waals surface area contributed by atoms with E-state index in [1.165, 1.54) is 204 Å². The predicted octanol–water partition coefficient (Wildman–Crippen LogP) is 13.3. The van der Waals surface area contributed by atoms with E-state index in [4.69, 9.17) is 0 Å². The monoisotopic (exact) mass is 535 g/mol. The molecule has 0 aliphatic rings. The van der Waals surface area contributed by atoms with Gasteiger partial charge in [-0.15, -0.1) is 0 Å². The Kier molecular flexibility index (Phi) is 31.0. The van der Waals surface area contributed by atoms with Gasteiger partial charge in [0, 0.05) is 0 Å². The fourth-order valence-electron chi connectivity index (χ4n) is 5.96. The van der Waals surface area contributed by atoms with Gasteiger partial charge in [0.1, 0.15) is 0 Å². The van der Waals surface area contributed by atoms with E-state index in [1.54, 1.807) is 0 Å². The fraction of sp³-hybridized carbons (Fsp3) is 0.946. The van der Waals surface area contributed by atoms with Crippen LogP contribution in [-0.4, -0.2) is 24.6 Å². The minimum atomic E-state index is 1.17. The molecule has 0 aromatic rings. The van der Waals surface area contributed by atoms with Gasteiger partial charge in [0.15, 0.2) is 0 Å². The fourth-order valence-corrected chi connectivity index (χ4v) is 5.96. The van der Waals surface area contributed by atoms with E-state index in [0.717, 1.165) is 0 Å². The van der Waals surface area contributed by atoms with Gasteiger partial charge in [-0.05, 0) is 38.2 Å². The maximum absolute atomic E-state index is 2.52. The molecule has 0 radical (unpaired) electrons. The largest absolute Gasteiger partial charge is 0.300 e. The highest BCUT2D eigenvalue weighted by Gasteiger charge is 2.17. The van der Waals surface area contributed by atoms with E-state index in [0.29, 0.717) is 0 Å². The predicted molar refractivity (Wildman–Crippen MR) is 176 cm³/mol. The Hall–Kier alpha value is -0.300. The summed E-state index contributed by atoms with van der Waals surface area (Å²) in [5.74, 6) is 0. The number of nitrogens with zero attached hydrogens (tertiary/aromatic N) is 1. The van der Waals surface area contributed by atoms with Gasteiger partial charge in [-0.3, -0.25) is 4.48 Å². The Balaban J connectivity index is 3.65. The van der Waals surface area contributed by atoms with Crippen molar-refractivity contribution in [3.63, 3.8) is 0 Å². The molecule has 0 amide bonds. The van der Waals surface area contributed by atoms with Crippen LogP contribution in [0, 0.1) is 0 Å². The van der Waals surface area contributed by atoms with Gasteiger partial charge in [-0.2, -0.15) is 0 Å². The second-order valence-electron chi connectivity index (χ2n) is 12.9. The molecule has 0 bridgehead atoms. The molecule has 0 N–H and O–H groups in total. The van der Waals surface area contributed by atoms with Crippen LogP contribution < -0.4 is 0 Å². The van der Waals surface area contributed by atoms with Crippen LogP contribution in [0.25, 0.3) is 0 Å². The molecule has 0 aliphatic heterocycles. The third-order valence-corrected chi connectivity index (χ3v) is 8.75. The lowest BCUT2D eigenvalue weighted by atomic mass is 10.0. The van der Waals surface area contributed by atoms with Crippen molar-refractivity contribution in [1.29, 1.82) is 0 Å². The molecule has 1 nitrogen and oxygen atoms in total. The molecule has 0 aromatic heterocycles. The molecular formula is C37H76N+. The highest BCUT2D eigenvalue weighted by molar-refractivity contribution is 4.72. The summed E-state index contributed by atoms with van der Waals surface area (Å²) in [6, 6.07) is 0. The molecule has 0 saturated heterocycles. The number of unbranched alkanes of at least 4 members (excludes halogenated alkanes) is 26. The zero-order valence-electron chi connectivity index (χ0n) is 27.5. The third-order valence-electron chi connectivity index (χ3n) is 8.75. The summed E-state index contributed by atoms with van der Waals surface area (Å²) in [5.41, 5.74) is 0. The van der Waals surface area contributed by atoms with Gasteiger partial charge in [-0.1, -0.05) is 175 Å². The highest BCUT2D eigenvalue weighted by atomic mass is 15.3. The van der Waals surface area contributed by atoms with Crippen LogP contribution in [0.1, 0.15) is 207 Å². The molecule has 0 saturated carbocycles. The first-order valence-corrected chi connectivity index (χ1v) is 18.2. The first-order valence-electron chi connectivity index (χ1n) is 18.2. The van der Waals surface area contributed by atoms with Crippen molar-refractivity contribution in [3.8, 4) is 0 Å². The number of allylic oxidation sites excluding steroid dienone is 1. The van der Waals surface area contributed by atoms with E-state index in [2.05, 4.69) is 40.1 Å². The van der Waals surface area contributed by atoms with Gasteiger partial charge in [0.2, 0.25) is 0 Å². The Morgan fingerprint density at radius 1 is 0.342 bits per heavy atom. The van der Waals surface area contributed by atoms with E-state index in [9.17, 15) is 0 Å². The molecule has 1 heteroatoms. The SMILES string of the molecule is CCC=C[N+](C)(CCCCCCCCCCCCCCCC)CCCCCCCCCCCCCCCC. The molecule has 0 spiro atoms. The van der Waals surface area contributed by atoms with Crippen molar-refractivity contribution in [3.05, 3.63) is 12.3 Å². The first-order chi connectivity index (χ1) is 18.7. The molecule has 0 unspecified atom stereocenters. The zero-order chi connectivity index (χ0) is 27.8. The van der Waals surface area contributed by atoms with Crippen molar-refractivity contribution < 1.29 is 4.48 Å². The molecule has 38 heavy (non-hydrogen) atoms. The normalized spacial score (nSPS) is 12.2. The van der Waals surface area contributed by atoms with Gasteiger partial charge >= 0.3 is 0 Å². The van der Waals surface area contributed by atoms with Crippen molar-refractivity contribution in [2.45, 2.75) is 207 Å². The molecular weight excluding hydrogens is 458 g/mol. The molecule has 0 fully saturated rings. The lowest BCUT2D eigenvalue weighted by Gasteiger charge is -2.30. The van der Waals surface area contributed by atoms with Gasteiger partial charge in [-0.25, -0.2) is 0 Å². The summed E-state index contributed by atoms with van der Waals surface area (Å²) in [6.07, 6.45) is 46.8. The number of quaternary nitrogens is 1. The number of rotatable bonds is 32. The van der Waals surface area contributed by atoms with Crippen molar-refractivity contribution in [2.75, 3.05) is 20.1 Å².